The van der Waals surface area contributed by atoms with E-state index >= 15 is 0 Å². The van der Waals surface area contributed by atoms with Crippen LogP contribution in [0, 0.1) is 13.8 Å². The molecule has 2 aromatic rings. The molecule has 2 aromatic carbocycles. The van der Waals surface area contributed by atoms with Crippen molar-refractivity contribution in [1.82, 2.24) is 8.43 Å². The third-order valence-corrected chi connectivity index (χ3v) is 8.18. The van der Waals surface area contributed by atoms with Crippen molar-refractivity contribution in [3.63, 3.8) is 0 Å². The van der Waals surface area contributed by atoms with Gasteiger partial charge in [-0.25, -0.2) is 25.3 Å². The van der Waals surface area contributed by atoms with Gasteiger partial charge in [0.2, 0.25) is 20.0 Å². The van der Waals surface area contributed by atoms with Gasteiger partial charge in [0.25, 0.3) is 0 Å². The lowest BCUT2D eigenvalue weighted by molar-refractivity contribution is 0.536. The van der Waals surface area contributed by atoms with Crippen molar-refractivity contribution in [1.29, 1.82) is 0 Å². The molecular formula is C16H18BN5O4S2. The number of hydrogen-bond acceptors (Lipinski definition) is 5. The second-order valence-electron chi connectivity index (χ2n) is 6.41. The van der Waals surface area contributed by atoms with E-state index in [1.165, 1.54) is 24.3 Å². The predicted molar refractivity (Wildman–Crippen MR) is 105 cm³/mol. The Bertz CT molecular complexity index is 1050. The van der Waals surface area contributed by atoms with Crippen LogP contribution in [0.3, 0.4) is 0 Å². The Morgan fingerprint density at radius 1 is 0.821 bits per heavy atom. The van der Waals surface area contributed by atoms with Gasteiger partial charge < -0.3 is 0 Å². The van der Waals surface area contributed by atoms with Crippen molar-refractivity contribution in [2.75, 3.05) is 13.1 Å². The first kappa shape index (κ1) is 20.4. The molecule has 0 N–H and O–H groups in total. The number of rotatable bonds is 5. The molecule has 0 unspecified atom stereocenters. The molecule has 1 fully saturated rings. The van der Waals surface area contributed by atoms with Crippen LogP contribution in [0.1, 0.15) is 11.1 Å². The van der Waals surface area contributed by atoms with Gasteiger partial charge in [0, 0.05) is 13.1 Å². The molecule has 1 aliphatic rings. The Kier molecular flexibility index (Phi) is 5.51. The van der Waals surface area contributed by atoms with Gasteiger partial charge in [0.1, 0.15) is 0 Å². The van der Waals surface area contributed by atoms with Gasteiger partial charge in [-0.1, -0.05) is 35.4 Å². The van der Waals surface area contributed by atoms with Gasteiger partial charge in [-0.15, -0.1) is 5.03 Å². The molecule has 0 bridgehead atoms. The summed E-state index contributed by atoms with van der Waals surface area (Å²) in [7, 11) is -9.60. The maximum absolute atomic E-state index is 13.0. The molecule has 0 saturated carbocycles. The van der Waals surface area contributed by atoms with E-state index in [0.717, 1.165) is 19.6 Å². The number of azide groups is 1. The molecular weight excluding hydrogens is 401 g/mol. The second-order valence-corrected chi connectivity index (χ2v) is 10.2. The van der Waals surface area contributed by atoms with Crippen LogP contribution in [0.15, 0.2) is 63.3 Å². The molecule has 0 aliphatic carbocycles. The molecule has 12 heteroatoms. The normalized spacial score (nSPS) is 16.1. The third kappa shape index (κ3) is 3.65. The highest BCUT2D eigenvalue weighted by Gasteiger charge is 2.49. The summed E-state index contributed by atoms with van der Waals surface area (Å²) in [5, 5.41) is 3.48. The summed E-state index contributed by atoms with van der Waals surface area (Å²) in [6.07, 6.45) is 0. The fourth-order valence-corrected chi connectivity index (χ4v) is 5.93. The highest BCUT2D eigenvalue weighted by molar-refractivity contribution is 7.92. The van der Waals surface area contributed by atoms with Crippen molar-refractivity contribution in [3.05, 3.63) is 70.1 Å². The number of aryl methyl sites for hydroxylation is 2. The summed E-state index contributed by atoms with van der Waals surface area (Å²) in [5.41, 5.74) is 10.7. The van der Waals surface area contributed by atoms with Gasteiger partial charge in [-0.3, -0.25) is 0 Å². The van der Waals surface area contributed by atoms with Gasteiger partial charge in [-0.2, -0.15) is 0 Å². The Hall–Kier alpha value is -2.37. The molecule has 9 nitrogen and oxygen atoms in total. The van der Waals surface area contributed by atoms with Crippen LogP contribution < -0.4 is 0 Å². The quantitative estimate of drug-likeness (QED) is 0.319. The van der Waals surface area contributed by atoms with Crippen LogP contribution >= 0.6 is 0 Å². The lowest BCUT2D eigenvalue weighted by Crippen LogP contribution is -2.47. The Morgan fingerprint density at radius 3 is 1.50 bits per heavy atom. The van der Waals surface area contributed by atoms with E-state index < -0.39 is 27.2 Å². The van der Waals surface area contributed by atoms with Crippen molar-refractivity contribution >= 4 is 27.2 Å². The Morgan fingerprint density at radius 2 is 1.18 bits per heavy atom. The summed E-state index contributed by atoms with van der Waals surface area (Å²) in [4.78, 5) is 2.68. The van der Waals surface area contributed by atoms with Crippen LogP contribution in [0.2, 0.25) is 0 Å². The first-order valence-electron chi connectivity index (χ1n) is 8.39. The zero-order valence-corrected chi connectivity index (χ0v) is 16.9. The fourth-order valence-electron chi connectivity index (χ4n) is 2.91. The molecule has 0 radical (unpaired) electrons. The average molecular weight is 419 g/mol. The highest BCUT2D eigenvalue weighted by atomic mass is 32.2. The van der Waals surface area contributed by atoms with Crippen molar-refractivity contribution in [2.45, 2.75) is 23.6 Å². The molecule has 1 heterocycles. The first-order valence-corrected chi connectivity index (χ1v) is 11.3. The Labute approximate surface area is 164 Å². The predicted octanol–water partition coefficient (Wildman–Crippen LogP) is 2.29. The highest BCUT2D eigenvalue weighted by Crippen LogP contribution is 2.28. The SMILES string of the molecule is Cc1ccc(S(=O)(=O)N2CCN(S(=O)(=O)c3ccc(C)cc3)B2N=[N+]=[N-])cc1. The van der Waals surface area contributed by atoms with Gasteiger partial charge in [0.15, 0.2) is 0 Å². The summed E-state index contributed by atoms with van der Waals surface area (Å²) in [6.45, 7) is 3.41. The largest absolute Gasteiger partial charge is 0.436 e. The molecule has 0 atom stereocenters. The zero-order chi connectivity index (χ0) is 20.5. The van der Waals surface area contributed by atoms with Crippen LogP contribution in [0.25, 0.3) is 10.4 Å². The summed E-state index contributed by atoms with van der Waals surface area (Å²) in [6, 6.07) is 12.3. The molecule has 28 heavy (non-hydrogen) atoms. The lowest BCUT2D eigenvalue weighted by atomic mass is 10.0. The monoisotopic (exact) mass is 419 g/mol. The minimum absolute atomic E-state index is 0.00539. The smallest absolute Gasteiger partial charge is 0.213 e. The maximum atomic E-state index is 13.0. The number of benzene rings is 2. The van der Waals surface area contributed by atoms with E-state index in [9.17, 15) is 16.8 Å². The topological polar surface area (TPSA) is 124 Å². The fraction of sp³-hybridized carbons (Fsp3) is 0.250. The van der Waals surface area contributed by atoms with Crippen LogP contribution in [-0.4, -0.2) is 45.5 Å². The Balaban J connectivity index is 2.01. The third-order valence-electron chi connectivity index (χ3n) is 4.47. The molecule has 0 aromatic heterocycles. The summed E-state index contributed by atoms with van der Waals surface area (Å²) >= 11 is 0. The van der Waals surface area contributed by atoms with Gasteiger partial charge in [0.05, 0.1) is 9.79 Å². The number of sulfonamides is 2. The van der Waals surface area contributed by atoms with E-state index in [0.29, 0.717) is 0 Å². The van der Waals surface area contributed by atoms with Crippen molar-refractivity contribution in [3.8, 4) is 0 Å². The van der Waals surface area contributed by atoms with Crippen LogP contribution in [0.4, 0.5) is 0 Å². The van der Waals surface area contributed by atoms with Crippen molar-refractivity contribution in [2.24, 2.45) is 5.03 Å². The van der Waals surface area contributed by atoms with E-state index in [4.69, 9.17) is 5.53 Å². The van der Waals surface area contributed by atoms with Crippen LogP contribution in [-0.2, 0) is 20.0 Å². The molecule has 146 valence electrons. The van der Waals surface area contributed by atoms with E-state index in [1.807, 2.05) is 13.8 Å². The summed E-state index contributed by atoms with van der Waals surface area (Å²) < 4.78 is 53.8. The van der Waals surface area contributed by atoms with Gasteiger partial charge in [-0.05, 0) is 48.6 Å². The standard InChI is InChI=1S/C16H18BN5O4S2/c1-13-3-7-15(8-4-13)27(23,24)21-11-12-22(17(21)19-20-18)28(25,26)16-9-5-14(2)6-10-16/h3-10H,11-12H2,1-2H3. The number of hydrogen-bond donors (Lipinski definition) is 0. The van der Waals surface area contributed by atoms with E-state index in [-0.39, 0.29) is 22.9 Å². The average Bonchev–Trinajstić information content (AvgIpc) is 3.08. The first-order chi connectivity index (χ1) is 13.2. The van der Waals surface area contributed by atoms with E-state index in [1.54, 1.807) is 24.3 Å². The molecule has 0 amide bonds. The second kappa shape index (κ2) is 7.57. The van der Waals surface area contributed by atoms with Crippen LogP contribution in [0.5, 0.6) is 0 Å². The van der Waals surface area contributed by atoms with Crippen molar-refractivity contribution < 1.29 is 16.8 Å². The van der Waals surface area contributed by atoms with E-state index in [2.05, 4.69) is 9.94 Å². The minimum atomic E-state index is -4.05. The molecule has 1 saturated heterocycles. The summed E-state index contributed by atoms with van der Waals surface area (Å²) in [5.74, 6) is 0. The maximum Gasteiger partial charge on any atom is 0.436 e. The number of nitrogens with zero attached hydrogens (tertiary/aromatic N) is 5. The zero-order valence-electron chi connectivity index (χ0n) is 15.3. The van der Waals surface area contributed by atoms with Gasteiger partial charge >= 0.3 is 7.12 Å². The lowest BCUT2D eigenvalue weighted by Gasteiger charge is -2.22. The molecule has 0 spiro atoms. The minimum Gasteiger partial charge on any atom is -0.213 e. The molecule has 1 aliphatic heterocycles. The molecule has 3 rings (SSSR count).